The number of para-hydroxylation sites is 2. The van der Waals surface area contributed by atoms with Gasteiger partial charge in [-0.05, 0) is 98.1 Å². The molecule has 0 saturated heterocycles. The van der Waals surface area contributed by atoms with Crippen molar-refractivity contribution in [3.05, 3.63) is 223 Å². The summed E-state index contributed by atoms with van der Waals surface area (Å²) in [7, 11) is 0. The van der Waals surface area contributed by atoms with Gasteiger partial charge in [-0.2, -0.15) is 0 Å². The van der Waals surface area contributed by atoms with E-state index >= 15 is 0 Å². The van der Waals surface area contributed by atoms with Crippen LogP contribution in [-0.2, 0) is 5.41 Å². The number of hydrogen-bond acceptors (Lipinski definition) is 2. The highest BCUT2D eigenvalue weighted by Crippen LogP contribution is 2.51. The smallest absolute Gasteiger partial charge is 0.145 e. The molecule has 0 spiro atoms. The van der Waals surface area contributed by atoms with Gasteiger partial charge >= 0.3 is 0 Å². The molecule has 59 heavy (non-hydrogen) atoms. The average molecular weight is 756 g/mol. The van der Waals surface area contributed by atoms with Crippen LogP contribution < -0.4 is 4.90 Å². The number of anilines is 3. The Balaban J connectivity index is 1.09. The molecule has 2 heteroatoms. The summed E-state index contributed by atoms with van der Waals surface area (Å²) in [4.78, 5) is 2.42. The van der Waals surface area contributed by atoms with Crippen molar-refractivity contribution in [2.24, 2.45) is 0 Å². The summed E-state index contributed by atoms with van der Waals surface area (Å²) < 4.78 is 6.80. The molecule has 280 valence electrons. The molecule has 2 nitrogen and oxygen atoms in total. The summed E-state index contributed by atoms with van der Waals surface area (Å²) >= 11 is 0. The summed E-state index contributed by atoms with van der Waals surface area (Å²) in [5.74, 6) is 0. The second-order valence-corrected chi connectivity index (χ2v) is 16.1. The first-order valence-electron chi connectivity index (χ1n) is 20.4. The summed E-state index contributed by atoms with van der Waals surface area (Å²) in [5, 5.41) is 2.17. The zero-order chi connectivity index (χ0) is 39.5. The molecular formula is C57H41NO. The molecule has 1 aromatic heterocycles. The third kappa shape index (κ3) is 5.79. The van der Waals surface area contributed by atoms with Gasteiger partial charge < -0.3 is 9.32 Å². The number of fused-ring (bicyclic) bond motifs is 6. The molecule has 10 aromatic rings. The van der Waals surface area contributed by atoms with Crippen molar-refractivity contribution in [1.29, 1.82) is 0 Å². The Hall–Kier alpha value is -7.42. The van der Waals surface area contributed by atoms with E-state index in [0.29, 0.717) is 0 Å². The fourth-order valence-electron chi connectivity index (χ4n) is 9.32. The minimum atomic E-state index is -0.0632. The number of rotatable bonds is 7. The fourth-order valence-corrected chi connectivity index (χ4v) is 9.32. The lowest BCUT2D eigenvalue weighted by molar-refractivity contribution is 0.660. The van der Waals surface area contributed by atoms with Crippen LogP contribution in [0.25, 0.3) is 77.6 Å². The van der Waals surface area contributed by atoms with E-state index < -0.39 is 0 Å². The third-order valence-corrected chi connectivity index (χ3v) is 12.3. The zero-order valence-electron chi connectivity index (χ0n) is 33.1. The second-order valence-electron chi connectivity index (χ2n) is 16.1. The Labute approximate surface area is 345 Å². The van der Waals surface area contributed by atoms with Gasteiger partial charge in [-0.3, -0.25) is 0 Å². The maximum atomic E-state index is 6.80. The SMILES string of the molecule is CC1(C)c2ccccc2-c2ccc(-c3ccc(N(c4ccccc4-c4ccc(-c5ccccc5)cc4)c4ccc(-c5ccccc5)c5oc6ccccc6c45)cc3)cc21. The molecule has 0 radical (unpaired) electrons. The van der Waals surface area contributed by atoms with Crippen LogP contribution in [-0.4, -0.2) is 0 Å². The summed E-state index contributed by atoms with van der Waals surface area (Å²) in [5.41, 5.74) is 19.6. The van der Waals surface area contributed by atoms with Gasteiger partial charge in [0.05, 0.1) is 16.8 Å². The third-order valence-electron chi connectivity index (χ3n) is 12.3. The minimum absolute atomic E-state index is 0.0632. The average Bonchev–Trinajstić information content (AvgIpc) is 3.80. The number of nitrogens with zero attached hydrogens (tertiary/aromatic N) is 1. The largest absolute Gasteiger partial charge is 0.455 e. The molecule has 0 saturated carbocycles. The molecular weight excluding hydrogens is 715 g/mol. The Bertz CT molecular complexity index is 3160. The normalized spacial score (nSPS) is 12.7. The van der Waals surface area contributed by atoms with Crippen LogP contribution >= 0.6 is 0 Å². The first-order valence-corrected chi connectivity index (χ1v) is 20.4. The van der Waals surface area contributed by atoms with E-state index in [-0.39, 0.29) is 5.41 Å². The second kappa shape index (κ2) is 13.9. The van der Waals surface area contributed by atoms with Crippen molar-refractivity contribution in [1.82, 2.24) is 0 Å². The van der Waals surface area contributed by atoms with Gasteiger partial charge in [0.25, 0.3) is 0 Å². The molecule has 0 atom stereocenters. The molecule has 0 fully saturated rings. The highest BCUT2D eigenvalue weighted by atomic mass is 16.3. The van der Waals surface area contributed by atoms with Crippen LogP contribution in [0.3, 0.4) is 0 Å². The van der Waals surface area contributed by atoms with Gasteiger partial charge in [-0.1, -0.05) is 184 Å². The summed E-state index contributed by atoms with van der Waals surface area (Å²) in [6.45, 7) is 4.69. The van der Waals surface area contributed by atoms with Crippen molar-refractivity contribution < 1.29 is 4.42 Å². The van der Waals surface area contributed by atoms with Crippen molar-refractivity contribution >= 4 is 39.0 Å². The lowest BCUT2D eigenvalue weighted by Crippen LogP contribution is -2.14. The summed E-state index contributed by atoms with van der Waals surface area (Å²) in [6.07, 6.45) is 0. The highest BCUT2D eigenvalue weighted by Gasteiger charge is 2.35. The molecule has 0 aliphatic heterocycles. The van der Waals surface area contributed by atoms with Gasteiger partial charge in [0.2, 0.25) is 0 Å². The molecule has 1 aliphatic rings. The van der Waals surface area contributed by atoms with Crippen LogP contribution in [0.5, 0.6) is 0 Å². The van der Waals surface area contributed by atoms with E-state index in [4.69, 9.17) is 4.42 Å². The van der Waals surface area contributed by atoms with Crippen molar-refractivity contribution in [3.63, 3.8) is 0 Å². The van der Waals surface area contributed by atoms with E-state index in [1.54, 1.807) is 0 Å². The Morgan fingerprint density at radius 2 is 0.898 bits per heavy atom. The monoisotopic (exact) mass is 755 g/mol. The Kier molecular flexibility index (Phi) is 8.20. The molecule has 0 bridgehead atoms. The lowest BCUT2D eigenvalue weighted by Gasteiger charge is -2.29. The van der Waals surface area contributed by atoms with E-state index in [1.807, 2.05) is 0 Å². The lowest BCUT2D eigenvalue weighted by atomic mass is 9.81. The van der Waals surface area contributed by atoms with Crippen LogP contribution in [0.15, 0.2) is 217 Å². The highest BCUT2D eigenvalue weighted by molar-refractivity contribution is 6.17. The van der Waals surface area contributed by atoms with Crippen LogP contribution in [0.4, 0.5) is 17.1 Å². The number of benzene rings is 9. The molecule has 0 amide bonds. The first-order chi connectivity index (χ1) is 29.0. The van der Waals surface area contributed by atoms with Gasteiger partial charge in [0, 0.05) is 27.6 Å². The van der Waals surface area contributed by atoms with E-state index in [1.165, 1.54) is 44.5 Å². The number of hydrogen-bond donors (Lipinski definition) is 0. The molecule has 1 aliphatic carbocycles. The molecule has 9 aromatic carbocycles. The van der Waals surface area contributed by atoms with Crippen molar-refractivity contribution in [2.75, 3.05) is 4.90 Å². The number of furan rings is 1. The van der Waals surface area contributed by atoms with Gasteiger partial charge in [-0.15, -0.1) is 0 Å². The molecule has 11 rings (SSSR count). The summed E-state index contributed by atoms with van der Waals surface area (Å²) in [6, 6.07) is 76.7. The molecule has 0 unspecified atom stereocenters. The van der Waals surface area contributed by atoms with Crippen molar-refractivity contribution in [3.8, 4) is 55.6 Å². The van der Waals surface area contributed by atoms with Gasteiger partial charge in [0.1, 0.15) is 11.2 Å². The van der Waals surface area contributed by atoms with E-state index in [0.717, 1.165) is 61.3 Å². The quantitative estimate of drug-likeness (QED) is 0.161. The Morgan fingerprint density at radius 3 is 1.68 bits per heavy atom. The Morgan fingerprint density at radius 1 is 0.373 bits per heavy atom. The van der Waals surface area contributed by atoms with E-state index in [2.05, 4.69) is 231 Å². The predicted octanol–water partition coefficient (Wildman–Crippen LogP) is 16.0. The maximum Gasteiger partial charge on any atom is 0.145 e. The molecule has 1 heterocycles. The van der Waals surface area contributed by atoms with Gasteiger partial charge in [-0.25, -0.2) is 0 Å². The van der Waals surface area contributed by atoms with Crippen LogP contribution in [0.2, 0.25) is 0 Å². The van der Waals surface area contributed by atoms with Crippen molar-refractivity contribution in [2.45, 2.75) is 19.3 Å². The first kappa shape index (κ1) is 34.8. The fraction of sp³-hybridized carbons (Fsp3) is 0.0526. The zero-order valence-corrected chi connectivity index (χ0v) is 33.1. The minimum Gasteiger partial charge on any atom is -0.455 e. The predicted molar refractivity (Wildman–Crippen MR) is 248 cm³/mol. The van der Waals surface area contributed by atoms with Crippen LogP contribution in [0, 0.1) is 0 Å². The van der Waals surface area contributed by atoms with Crippen LogP contribution in [0.1, 0.15) is 25.0 Å². The standard InChI is InChI=1S/C57H41NO/c1-57(2)50-22-12-9-20-47(50)48-34-31-43(37-51(48)57)40-29-32-44(33-30-40)58(52-23-13-10-19-45(52)42-27-25-39(26-28-42)38-15-5-3-6-16-38)53-36-35-46(41-17-7-4-8-18-41)56-55(53)49-21-11-14-24-54(49)59-56/h3-37H,1-2H3. The molecule has 0 N–H and O–H groups in total. The van der Waals surface area contributed by atoms with Gasteiger partial charge in [0.15, 0.2) is 0 Å². The maximum absolute atomic E-state index is 6.80. The van der Waals surface area contributed by atoms with E-state index in [9.17, 15) is 0 Å². The topological polar surface area (TPSA) is 16.4 Å².